The van der Waals surface area contributed by atoms with Gasteiger partial charge in [-0.1, -0.05) is 59.3 Å². The van der Waals surface area contributed by atoms with Crippen molar-refractivity contribution >= 4 is 38.4 Å². The Labute approximate surface area is 185 Å². The number of nitrogens with zero attached hydrogens (tertiary/aromatic N) is 1. The molecule has 0 unspecified atom stereocenters. The van der Waals surface area contributed by atoms with Crippen LogP contribution in [0.25, 0.3) is 22.2 Å². The Morgan fingerprint density at radius 3 is 2.33 bits per heavy atom. The van der Waals surface area contributed by atoms with E-state index in [0.717, 1.165) is 49.9 Å². The maximum atomic E-state index is 13.4. The van der Waals surface area contributed by atoms with E-state index in [2.05, 4.69) is 40.3 Å². The monoisotopic (exact) mass is 458 g/mol. The summed E-state index contributed by atoms with van der Waals surface area (Å²) in [7, 11) is 0. The first-order chi connectivity index (χ1) is 14.5. The molecule has 0 atom stereocenters. The maximum absolute atomic E-state index is 13.4. The van der Waals surface area contributed by atoms with Crippen LogP contribution in [0.4, 0.5) is 5.69 Å². The molecule has 4 aromatic rings. The first-order valence-corrected chi connectivity index (χ1v) is 10.8. The van der Waals surface area contributed by atoms with Crippen molar-refractivity contribution in [1.29, 1.82) is 0 Å². The summed E-state index contributed by atoms with van der Waals surface area (Å²) in [5, 5.41) is 3.96. The summed E-state index contributed by atoms with van der Waals surface area (Å²) in [6.45, 7) is 6.16. The van der Waals surface area contributed by atoms with E-state index in [-0.39, 0.29) is 5.91 Å². The summed E-state index contributed by atoms with van der Waals surface area (Å²) >= 11 is 3.59. The van der Waals surface area contributed by atoms with E-state index >= 15 is 0 Å². The Morgan fingerprint density at radius 2 is 1.67 bits per heavy atom. The Bertz CT molecular complexity index is 1230. The zero-order valence-electron chi connectivity index (χ0n) is 17.3. The summed E-state index contributed by atoms with van der Waals surface area (Å²) in [6.07, 6.45) is 0.905. The SMILES string of the molecule is CCc1ccc2nc(-c3ccccc3)cc(C(=O)Nc3cc(C)c(Br)c(C)c3)c2c1. The van der Waals surface area contributed by atoms with Crippen LogP contribution >= 0.6 is 15.9 Å². The number of rotatable bonds is 4. The van der Waals surface area contributed by atoms with Crippen LogP contribution in [0.5, 0.6) is 0 Å². The third-order valence-corrected chi connectivity index (χ3v) is 6.54. The van der Waals surface area contributed by atoms with Crippen molar-refractivity contribution in [2.24, 2.45) is 0 Å². The van der Waals surface area contributed by atoms with Crippen molar-refractivity contribution < 1.29 is 4.79 Å². The van der Waals surface area contributed by atoms with Crippen LogP contribution in [0.15, 0.2) is 71.2 Å². The number of hydrogen-bond donors (Lipinski definition) is 1. The van der Waals surface area contributed by atoms with Crippen molar-refractivity contribution in [3.8, 4) is 11.3 Å². The number of hydrogen-bond acceptors (Lipinski definition) is 2. The maximum Gasteiger partial charge on any atom is 0.256 e. The number of nitrogens with one attached hydrogen (secondary N) is 1. The molecule has 4 rings (SSSR count). The summed E-state index contributed by atoms with van der Waals surface area (Å²) in [4.78, 5) is 18.2. The molecule has 0 radical (unpaired) electrons. The van der Waals surface area contributed by atoms with Crippen LogP contribution in [0, 0.1) is 13.8 Å². The fourth-order valence-electron chi connectivity index (χ4n) is 3.65. The van der Waals surface area contributed by atoms with Gasteiger partial charge in [-0.25, -0.2) is 4.98 Å². The molecular weight excluding hydrogens is 436 g/mol. The quantitative estimate of drug-likeness (QED) is 0.354. The van der Waals surface area contributed by atoms with Crippen LogP contribution in [0.3, 0.4) is 0 Å². The van der Waals surface area contributed by atoms with E-state index in [1.165, 1.54) is 5.56 Å². The number of amides is 1. The largest absolute Gasteiger partial charge is 0.322 e. The highest BCUT2D eigenvalue weighted by Gasteiger charge is 2.15. The standard InChI is InChI=1S/C26H23BrN2O/c1-4-18-10-11-23-21(14-18)22(15-24(29-23)19-8-6-5-7-9-19)26(30)28-20-12-16(2)25(27)17(3)13-20/h5-15H,4H2,1-3H3,(H,28,30). The number of carbonyl (C=O) groups is 1. The minimum absolute atomic E-state index is 0.131. The van der Waals surface area contributed by atoms with Gasteiger partial charge >= 0.3 is 0 Å². The smallest absolute Gasteiger partial charge is 0.256 e. The predicted molar refractivity (Wildman–Crippen MR) is 128 cm³/mol. The van der Waals surface area contributed by atoms with Crippen molar-refractivity contribution in [2.75, 3.05) is 5.32 Å². The molecule has 3 aromatic carbocycles. The van der Waals surface area contributed by atoms with E-state index in [1.807, 2.05) is 68.4 Å². The lowest BCUT2D eigenvalue weighted by Crippen LogP contribution is -2.13. The van der Waals surface area contributed by atoms with E-state index in [1.54, 1.807) is 0 Å². The number of anilines is 1. The summed E-state index contributed by atoms with van der Waals surface area (Å²) in [6, 6.07) is 22.0. The van der Waals surface area contributed by atoms with Crippen molar-refractivity contribution in [3.05, 3.63) is 93.5 Å². The van der Waals surface area contributed by atoms with Crippen LogP contribution < -0.4 is 5.32 Å². The molecule has 0 aliphatic carbocycles. The second-order valence-electron chi connectivity index (χ2n) is 7.50. The molecule has 30 heavy (non-hydrogen) atoms. The molecule has 0 fully saturated rings. The van der Waals surface area contributed by atoms with Crippen LogP contribution in [0.1, 0.15) is 34.0 Å². The number of aryl methyl sites for hydroxylation is 3. The van der Waals surface area contributed by atoms with Gasteiger partial charge in [-0.05, 0) is 67.3 Å². The van der Waals surface area contributed by atoms with Gasteiger partial charge in [0.2, 0.25) is 0 Å². The van der Waals surface area contributed by atoms with E-state index in [9.17, 15) is 4.79 Å². The van der Waals surface area contributed by atoms with Gasteiger partial charge in [0.05, 0.1) is 16.8 Å². The minimum atomic E-state index is -0.131. The van der Waals surface area contributed by atoms with Gasteiger partial charge in [0.15, 0.2) is 0 Å². The summed E-state index contributed by atoms with van der Waals surface area (Å²) in [5.74, 6) is -0.131. The number of carbonyl (C=O) groups excluding carboxylic acids is 1. The fraction of sp³-hybridized carbons (Fsp3) is 0.154. The Kier molecular flexibility index (Phi) is 5.69. The average molecular weight is 459 g/mol. The Morgan fingerprint density at radius 1 is 0.967 bits per heavy atom. The van der Waals surface area contributed by atoms with Gasteiger partial charge in [0, 0.05) is 21.1 Å². The van der Waals surface area contributed by atoms with Crippen LogP contribution in [-0.4, -0.2) is 10.9 Å². The zero-order valence-corrected chi connectivity index (χ0v) is 18.9. The second kappa shape index (κ2) is 8.41. The van der Waals surface area contributed by atoms with Gasteiger partial charge in [-0.15, -0.1) is 0 Å². The highest BCUT2D eigenvalue weighted by atomic mass is 79.9. The van der Waals surface area contributed by atoms with E-state index in [4.69, 9.17) is 4.98 Å². The number of halogens is 1. The molecule has 1 N–H and O–H groups in total. The molecule has 3 nitrogen and oxygen atoms in total. The zero-order chi connectivity index (χ0) is 21.3. The third-order valence-electron chi connectivity index (χ3n) is 5.29. The lowest BCUT2D eigenvalue weighted by molar-refractivity contribution is 0.102. The topological polar surface area (TPSA) is 42.0 Å². The van der Waals surface area contributed by atoms with Crippen molar-refractivity contribution in [2.45, 2.75) is 27.2 Å². The molecule has 4 heteroatoms. The minimum Gasteiger partial charge on any atom is -0.322 e. The molecular formula is C26H23BrN2O. The predicted octanol–water partition coefficient (Wildman–Crippen LogP) is 7.10. The summed E-state index contributed by atoms with van der Waals surface area (Å²) < 4.78 is 1.06. The Hall–Kier alpha value is -2.98. The van der Waals surface area contributed by atoms with Gasteiger partial charge in [0.1, 0.15) is 0 Å². The molecule has 0 saturated carbocycles. The number of pyridine rings is 1. The van der Waals surface area contributed by atoms with Gasteiger partial charge in [-0.3, -0.25) is 4.79 Å². The molecule has 1 heterocycles. The van der Waals surface area contributed by atoms with Gasteiger partial charge in [0.25, 0.3) is 5.91 Å². The summed E-state index contributed by atoms with van der Waals surface area (Å²) in [5.41, 5.74) is 7.38. The molecule has 1 amide bonds. The average Bonchev–Trinajstić information content (AvgIpc) is 2.76. The number of fused-ring (bicyclic) bond motifs is 1. The number of aromatic nitrogens is 1. The van der Waals surface area contributed by atoms with E-state index < -0.39 is 0 Å². The van der Waals surface area contributed by atoms with Crippen molar-refractivity contribution in [3.63, 3.8) is 0 Å². The van der Waals surface area contributed by atoms with Gasteiger partial charge < -0.3 is 5.32 Å². The fourth-order valence-corrected chi connectivity index (χ4v) is 3.88. The normalized spacial score (nSPS) is 10.9. The molecule has 0 bridgehead atoms. The highest BCUT2D eigenvalue weighted by molar-refractivity contribution is 9.10. The molecule has 0 aliphatic rings. The van der Waals surface area contributed by atoms with Crippen LogP contribution in [-0.2, 0) is 6.42 Å². The lowest BCUT2D eigenvalue weighted by Gasteiger charge is -2.13. The lowest BCUT2D eigenvalue weighted by atomic mass is 10.0. The first-order valence-electron chi connectivity index (χ1n) is 10.0. The third kappa shape index (κ3) is 4.01. The second-order valence-corrected chi connectivity index (χ2v) is 8.30. The first kappa shape index (κ1) is 20.3. The molecule has 150 valence electrons. The molecule has 0 aliphatic heterocycles. The molecule has 1 aromatic heterocycles. The highest BCUT2D eigenvalue weighted by Crippen LogP contribution is 2.28. The van der Waals surface area contributed by atoms with Crippen LogP contribution in [0.2, 0.25) is 0 Å². The van der Waals surface area contributed by atoms with Crippen molar-refractivity contribution in [1.82, 2.24) is 4.98 Å². The van der Waals surface area contributed by atoms with Gasteiger partial charge in [-0.2, -0.15) is 0 Å². The van der Waals surface area contributed by atoms with E-state index in [0.29, 0.717) is 5.56 Å². The Balaban J connectivity index is 1.83. The molecule has 0 saturated heterocycles. The number of benzene rings is 3. The molecule has 0 spiro atoms.